The largest absolute Gasteiger partial charge is 0.507 e. The fourth-order valence-corrected chi connectivity index (χ4v) is 9.34. The van der Waals surface area contributed by atoms with Gasteiger partial charge in [-0.05, 0) is 95.1 Å². The van der Waals surface area contributed by atoms with Crippen molar-refractivity contribution in [2.75, 3.05) is 0 Å². The molecule has 0 spiro atoms. The fourth-order valence-electron chi connectivity index (χ4n) is 9.34. The lowest BCUT2D eigenvalue weighted by Gasteiger charge is -2.07. The summed E-state index contributed by atoms with van der Waals surface area (Å²) < 4.78 is 0. The highest BCUT2D eigenvalue weighted by molar-refractivity contribution is 6.08. The number of aromatic hydroxyl groups is 4. The monoisotopic (exact) mass is 882 g/mol. The molecule has 0 saturated carbocycles. The Morgan fingerprint density at radius 1 is 0.250 bits per heavy atom. The molecule has 11 aromatic rings. The Morgan fingerprint density at radius 2 is 0.544 bits per heavy atom. The van der Waals surface area contributed by atoms with Crippen molar-refractivity contribution in [2.24, 2.45) is 0 Å². The van der Waals surface area contributed by atoms with Crippen molar-refractivity contribution < 1.29 is 20.4 Å². The van der Waals surface area contributed by atoms with Crippen molar-refractivity contribution >= 4 is 44.1 Å². The van der Waals surface area contributed by atoms with E-state index < -0.39 is 0 Å². The Hall–Kier alpha value is -9.68. The summed E-state index contributed by atoms with van der Waals surface area (Å²) in [5, 5.41) is 46.7. The number of fused-ring (bicyclic) bond motifs is 20. The quantitative estimate of drug-likeness (QED) is 0.0992. The third-order valence-electron chi connectivity index (χ3n) is 12.7. The van der Waals surface area contributed by atoms with Crippen LogP contribution in [0.3, 0.4) is 0 Å². The molecule has 0 unspecified atom stereocenters. The number of aromatic nitrogens is 8. The zero-order chi connectivity index (χ0) is 45.6. The summed E-state index contributed by atoms with van der Waals surface area (Å²) >= 11 is 0. The maximum atomic E-state index is 10.9. The molecule has 0 radical (unpaired) electrons. The maximum Gasteiger partial charge on any atom is 0.164 e. The van der Waals surface area contributed by atoms with Crippen molar-refractivity contribution in [3.63, 3.8) is 0 Å². The molecule has 2 aliphatic heterocycles. The second-order valence-electron chi connectivity index (χ2n) is 16.7. The molecule has 322 valence electrons. The van der Waals surface area contributed by atoms with Gasteiger partial charge in [0.25, 0.3) is 0 Å². The highest BCUT2D eigenvalue weighted by Gasteiger charge is 2.25. The van der Waals surface area contributed by atoms with Gasteiger partial charge in [-0.2, -0.15) is 0 Å². The summed E-state index contributed by atoms with van der Waals surface area (Å²) in [6, 6.07) is 52.2. The van der Waals surface area contributed by atoms with E-state index in [9.17, 15) is 20.4 Å². The minimum absolute atomic E-state index is 0.141. The molecular formula is C56H34N8O4. The van der Waals surface area contributed by atoms with Crippen LogP contribution >= 0.6 is 0 Å². The van der Waals surface area contributed by atoms with Gasteiger partial charge in [-0.3, -0.25) is 0 Å². The van der Waals surface area contributed by atoms with Crippen LogP contribution in [0, 0.1) is 0 Å². The van der Waals surface area contributed by atoms with E-state index in [1.54, 1.807) is 48.5 Å². The molecule has 2 aliphatic rings. The number of rotatable bonds is 4. The Kier molecular flexibility index (Phi) is 8.51. The van der Waals surface area contributed by atoms with Crippen LogP contribution < -0.4 is 0 Å². The molecule has 8 aromatic carbocycles. The van der Waals surface area contributed by atoms with E-state index in [0.717, 1.165) is 54.9 Å². The number of nitrogens with one attached hydrogen (secondary N) is 2. The van der Waals surface area contributed by atoms with Crippen LogP contribution in [-0.2, 0) is 0 Å². The van der Waals surface area contributed by atoms with Crippen molar-refractivity contribution in [1.29, 1.82) is 0 Å². The van der Waals surface area contributed by atoms with E-state index in [-0.39, 0.29) is 23.0 Å². The van der Waals surface area contributed by atoms with Crippen LogP contribution in [0.1, 0.15) is 0 Å². The number of phenols is 4. The molecule has 12 heteroatoms. The van der Waals surface area contributed by atoms with E-state index in [1.165, 1.54) is 0 Å². The average molecular weight is 883 g/mol. The molecule has 0 atom stereocenters. The third-order valence-corrected chi connectivity index (χ3v) is 12.7. The highest BCUT2D eigenvalue weighted by Crippen LogP contribution is 2.43. The first-order valence-electron chi connectivity index (χ1n) is 21.8. The van der Waals surface area contributed by atoms with Gasteiger partial charge in [0.1, 0.15) is 45.6 Å². The SMILES string of the molecule is Oc1ccccc1-c1ccc2c(c1)-c1nc-2nc2[nH]c(nc3nc(nc4[nH]c(n1)c1ccc(-c5ccccc5O)cc41)-c1ccc(-c4ccccc4O)cc1-3)c1ccc(-c3ccccc3O)cc21. The smallest absolute Gasteiger partial charge is 0.164 e. The molecule has 3 aromatic heterocycles. The van der Waals surface area contributed by atoms with E-state index in [4.69, 9.17) is 29.9 Å². The summed E-state index contributed by atoms with van der Waals surface area (Å²) in [7, 11) is 0. The minimum atomic E-state index is 0.141. The molecule has 12 nitrogen and oxygen atoms in total. The van der Waals surface area contributed by atoms with Crippen LogP contribution in [0.4, 0.5) is 0 Å². The molecule has 0 saturated heterocycles. The van der Waals surface area contributed by atoms with Crippen LogP contribution in [-0.4, -0.2) is 60.3 Å². The molecular weight excluding hydrogens is 849 g/mol. The van der Waals surface area contributed by atoms with Crippen molar-refractivity contribution in [2.45, 2.75) is 0 Å². The topological polar surface area (TPSA) is 190 Å². The maximum absolute atomic E-state index is 10.9. The molecule has 8 bridgehead atoms. The first-order valence-corrected chi connectivity index (χ1v) is 21.8. The zero-order valence-electron chi connectivity index (χ0n) is 35.6. The fraction of sp³-hybridized carbons (Fsp3) is 0. The molecule has 0 aliphatic carbocycles. The Morgan fingerprint density at radius 3 is 0.897 bits per heavy atom. The van der Waals surface area contributed by atoms with Crippen LogP contribution in [0.25, 0.3) is 134 Å². The average Bonchev–Trinajstić information content (AvgIpc) is 4.09. The summed E-state index contributed by atoms with van der Waals surface area (Å²) in [5.41, 5.74) is 10.5. The van der Waals surface area contributed by atoms with Crippen molar-refractivity contribution in [1.82, 2.24) is 39.9 Å². The van der Waals surface area contributed by atoms with Gasteiger partial charge in [-0.15, -0.1) is 0 Å². The van der Waals surface area contributed by atoms with Gasteiger partial charge in [-0.25, -0.2) is 29.9 Å². The number of H-pyrrole nitrogens is 2. The number of benzene rings is 8. The summed E-state index contributed by atoms with van der Waals surface area (Å²) in [4.78, 5) is 38.3. The molecule has 6 N–H and O–H groups in total. The lowest BCUT2D eigenvalue weighted by molar-refractivity contribution is 0.477. The zero-order valence-corrected chi connectivity index (χ0v) is 35.6. The number of hydrogen-bond acceptors (Lipinski definition) is 10. The normalized spacial score (nSPS) is 11.8. The van der Waals surface area contributed by atoms with E-state index >= 15 is 0 Å². The molecule has 68 heavy (non-hydrogen) atoms. The number of aromatic amines is 2. The number of phenolic OH excluding ortho intramolecular Hbond substituents is 4. The van der Waals surface area contributed by atoms with Gasteiger partial charge in [0.2, 0.25) is 0 Å². The second kappa shape index (κ2) is 14.9. The summed E-state index contributed by atoms with van der Waals surface area (Å²) in [6.45, 7) is 0. The van der Waals surface area contributed by atoms with Gasteiger partial charge in [0, 0.05) is 66.1 Å². The highest BCUT2D eigenvalue weighted by atomic mass is 16.3. The third kappa shape index (κ3) is 6.23. The Bertz CT molecular complexity index is 3860. The number of para-hydroxylation sites is 4. The molecule has 5 heterocycles. The number of hydrogen-bond donors (Lipinski definition) is 6. The standard InChI is InChI=1S/C56H34N8O4/c65-45-13-5-1-9-33(45)29-17-21-37-41(25-29)53-57-49(37)62-54-43-27-31(35-11-3-7-15-47(35)67)19-23-39(43)51(59-54)64-56-44-28-32(36-12-4-8-16-48(36)68)20-24-40(44)52(60-56)63-55-42-26-30(34-10-2-6-14-46(34)66)18-22-38(42)50(58-55)61-53/h1-28,65-68H,(H2,57,58,59,60,61,62,63,64). The molecule has 0 fully saturated rings. The van der Waals surface area contributed by atoms with E-state index in [0.29, 0.717) is 79.3 Å². The Balaban J connectivity index is 1.15. The number of nitrogens with zero attached hydrogens (tertiary/aromatic N) is 6. The van der Waals surface area contributed by atoms with Crippen LogP contribution in [0.15, 0.2) is 170 Å². The van der Waals surface area contributed by atoms with E-state index in [2.05, 4.69) is 9.97 Å². The van der Waals surface area contributed by atoms with Crippen molar-refractivity contribution in [3.8, 4) is 113 Å². The van der Waals surface area contributed by atoms with Crippen LogP contribution in [0.5, 0.6) is 23.0 Å². The van der Waals surface area contributed by atoms with Crippen LogP contribution in [0.2, 0.25) is 0 Å². The van der Waals surface area contributed by atoms with E-state index in [1.807, 2.05) is 121 Å². The van der Waals surface area contributed by atoms with Gasteiger partial charge in [0.15, 0.2) is 23.3 Å². The van der Waals surface area contributed by atoms with Gasteiger partial charge >= 0.3 is 0 Å². The predicted molar refractivity (Wildman–Crippen MR) is 264 cm³/mol. The molecule has 13 rings (SSSR count). The minimum Gasteiger partial charge on any atom is -0.507 e. The molecule has 0 amide bonds. The summed E-state index contributed by atoms with van der Waals surface area (Å²) in [6.07, 6.45) is 0. The van der Waals surface area contributed by atoms with Gasteiger partial charge in [-0.1, -0.05) is 97.1 Å². The Labute approximate surface area is 385 Å². The lowest BCUT2D eigenvalue weighted by Crippen LogP contribution is -1.86. The van der Waals surface area contributed by atoms with Crippen molar-refractivity contribution in [3.05, 3.63) is 170 Å². The lowest BCUT2D eigenvalue weighted by atomic mass is 9.99. The first kappa shape index (κ1) is 38.8. The van der Waals surface area contributed by atoms with Gasteiger partial charge < -0.3 is 30.4 Å². The summed E-state index contributed by atoms with van der Waals surface area (Å²) in [5.74, 6) is 2.13. The van der Waals surface area contributed by atoms with Gasteiger partial charge in [0.05, 0.1) is 0 Å². The predicted octanol–water partition coefficient (Wildman–Crippen LogP) is 12.4. The first-order chi connectivity index (χ1) is 33.3. The second-order valence-corrected chi connectivity index (χ2v) is 16.7.